The van der Waals surface area contributed by atoms with Gasteiger partial charge in [0.15, 0.2) is 0 Å². The topological polar surface area (TPSA) is 26.3 Å². The van der Waals surface area contributed by atoms with Gasteiger partial charge in [-0.25, -0.2) is 4.39 Å². The third-order valence-corrected chi connectivity index (χ3v) is 3.96. The molecule has 1 aliphatic rings. The summed E-state index contributed by atoms with van der Waals surface area (Å²) in [7, 11) is 0. The van der Waals surface area contributed by atoms with E-state index in [9.17, 15) is 9.18 Å². The van der Waals surface area contributed by atoms with Crippen LogP contribution < -0.4 is 0 Å². The van der Waals surface area contributed by atoms with Crippen LogP contribution in [0.15, 0.2) is 24.3 Å². The SMILES string of the molecule is O=CC(Cl)C1(c2ccccc2F)CCOCC1. The Bertz CT molecular complexity index is 402. The molecule has 0 amide bonds. The maximum absolute atomic E-state index is 13.9. The van der Waals surface area contributed by atoms with Crippen LogP contribution in [0, 0.1) is 5.82 Å². The van der Waals surface area contributed by atoms with Crippen molar-refractivity contribution in [2.75, 3.05) is 13.2 Å². The van der Waals surface area contributed by atoms with Gasteiger partial charge in [0.2, 0.25) is 0 Å². The number of hydrogen-bond acceptors (Lipinski definition) is 2. The standard InChI is InChI=1S/C13H14ClFO2/c14-12(9-16)13(5-7-17-8-6-13)10-3-1-2-4-11(10)15/h1-4,9,12H,5-8H2. The van der Waals surface area contributed by atoms with Crippen LogP contribution in [0.3, 0.4) is 0 Å². The van der Waals surface area contributed by atoms with Crippen LogP contribution >= 0.6 is 11.6 Å². The van der Waals surface area contributed by atoms with Crippen molar-refractivity contribution in [2.45, 2.75) is 23.6 Å². The summed E-state index contributed by atoms with van der Waals surface area (Å²) in [6.45, 7) is 1.01. The maximum Gasteiger partial charge on any atom is 0.138 e. The molecular weight excluding hydrogens is 243 g/mol. The number of carbonyl (C=O) groups excluding carboxylic acids is 1. The lowest BCUT2D eigenvalue weighted by atomic mass is 9.71. The highest BCUT2D eigenvalue weighted by molar-refractivity contribution is 6.28. The first kappa shape index (κ1) is 12.5. The number of ether oxygens (including phenoxy) is 1. The molecule has 2 rings (SSSR count). The molecule has 0 bridgehead atoms. The zero-order valence-electron chi connectivity index (χ0n) is 9.36. The minimum absolute atomic E-state index is 0.304. The average Bonchev–Trinajstić information content (AvgIpc) is 2.39. The first-order valence-electron chi connectivity index (χ1n) is 5.63. The fourth-order valence-electron chi connectivity index (χ4n) is 2.42. The molecular formula is C13H14ClFO2. The predicted octanol–water partition coefficient (Wildman–Crippen LogP) is 2.68. The lowest BCUT2D eigenvalue weighted by molar-refractivity contribution is -0.109. The zero-order valence-corrected chi connectivity index (χ0v) is 10.1. The van der Waals surface area contributed by atoms with E-state index < -0.39 is 10.8 Å². The first-order valence-corrected chi connectivity index (χ1v) is 6.06. The van der Waals surface area contributed by atoms with Crippen LogP contribution in [0.1, 0.15) is 18.4 Å². The van der Waals surface area contributed by atoms with Crippen molar-refractivity contribution in [3.05, 3.63) is 35.6 Å². The largest absolute Gasteiger partial charge is 0.381 e. The predicted molar refractivity (Wildman–Crippen MR) is 63.8 cm³/mol. The monoisotopic (exact) mass is 256 g/mol. The zero-order chi connectivity index (χ0) is 12.3. The van der Waals surface area contributed by atoms with E-state index in [-0.39, 0.29) is 5.82 Å². The molecule has 92 valence electrons. The Morgan fingerprint density at radius 3 is 2.59 bits per heavy atom. The van der Waals surface area contributed by atoms with Gasteiger partial charge in [-0.3, -0.25) is 0 Å². The van der Waals surface area contributed by atoms with E-state index in [0.29, 0.717) is 37.9 Å². The molecule has 4 heteroatoms. The Labute approximate surface area is 105 Å². The van der Waals surface area contributed by atoms with Crippen LogP contribution in [0.5, 0.6) is 0 Å². The molecule has 0 N–H and O–H groups in total. The van der Waals surface area contributed by atoms with Crippen LogP contribution in [0.2, 0.25) is 0 Å². The molecule has 1 heterocycles. The molecule has 1 aliphatic heterocycles. The normalized spacial score (nSPS) is 20.8. The minimum atomic E-state index is -0.719. The second-order valence-electron chi connectivity index (χ2n) is 4.29. The van der Waals surface area contributed by atoms with Gasteiger partial charge < -0.3 is 9.53 Å². The van der Waals surface area contributed by atoms with E-state index in [1.54, 1.807) is 18.2 Å². The smallest absolute Gasteiger partial charge is 0.138 e. The highest BCUT2D eigenvalue weighted by Crippen LogP contribution is 2.40. The quantitative estimate of drug-likeness (QED) is 0.614. The van der Waals surface area contributed by atoms with Crippen molar-refractivity contribution in [3.63, 3.8) is 0 Å². The Hall–Kier alpha value is -0.930. The van der Waals surface area contributed by atoms with Gasteiger partial charge in [-0.15, -0.1) is 11.6 Å². The fraction of sp³-hybridized carbons (Fsp3) is 0.462. The van der Waals surface area contributed by atoms with E-state index >= 15 is 0 Å². The molecule has 0 radical (unpaired) electrons. The van der Waals surface area contributed by atoms with Crippen molar-refractivity contribution >= 4 is 17.9 Å². The van der Waals surface area contributed by atoms with Crippen molar-refractivity contribution in [3.8, 4) is 0 Å². The molecule has 1 fully saturated rings. The summed E-state index contributed by atoms with van der Waals surface area (Å²) in [6.07, 6.45) is 1.83. The van der Waals surface area contributed by atoms with Crippen LogP contribution in [0.25, 0.3) is 0 Å². The lowest BCUT2D eigenvalue weighted by Gasteiger charge is -2.39. The van der Waals surface area contributed by atoms with Gasteiger partial charge in [0.1, 0.15) is 12.1 Å². The molecule has 2 nitrogen and oxygen atoms in total. The number of aldehydes is 1. The molecule has 0 spiro atoms. The number of carbonyl (C=O) groups is 1. The van der Waals surface area contributed by atoms with E-state index in [4.69, 9.17) is 16.3 Å². The van der Waals surface area contributed by atoms with Crippen molar-refractivity contribution in [1.82, 2.24) is 0 Å². The average molecular weight is 257 g/mol. The second kappa shape index (κ2) is 5.15. The number of alkyl halides is 1. The molecule has 1 saturated heterocycles. The van der Waals surface area contributed by atoms with Crippen LogP contribution in [-0.4, -0.2) is 24.9 Å². The van der Waals surface area contributed by atoms with Crippen molar-refractivity contribution < 1.29 is 13.9 Å². The van der Waals surface area contributed by atoms with Crippen molar-refractivity contribution in [1.29, 1.82) is 0 Å². The van der Waals surface area contributed by atoms with Crippen LogP contribution in [0.4, 0.5) is 4.39 Å². The lowest BCUT2D eigenvalue weighted by Crippen LogP contribution is -2.43. The molecule has 1 unspecified atom stereocenters. The van der Waals surface area contributed by atoms with Crippen molar-refractivity contribution in [2.24, 2.45) is 0 Å². The third-order valence-electron chi connectivity index (χ3n) is 3.44. The molecule has 0 aromatic heterocycles. The van der Waals surface area contributed by atoms with Gasteiger partial charge in [0.25, 0.3) is 0 Å². The summed E-state index contributed by atoms with van der Waals surface area (Å²) < 4.78 is 19.2. The summed E-state index contributed by atoms with van der Waals surface area (Å²) in [4.78, 5) is 11.0. The van der Waals surface area contributed by atoms with E-state index in [1.165, 1.54) is 6.07 Å². The molecule has 0 aliphatic carbocycles. The second-order valence-corrected chi connectivity index (χ2v) is 4.76. The number of halogens is 2. The molecule has 1 aromatic rings. The van der Waals surface area contributed by atoms with Gasteiger partial charge in [-0.2, -0.15) is 0 Å². The van der Waals surface area contributed by atoms with Gasteiger partial charge in [0.05, 0.1) is 5.38 Å². The highest BCUT2D eigenvalue weighted by atomic mass is 35.5. The molecule has 17 heavy (non-hydrogen) atoms. The van der Waals surface area contributed by atoms with Gasteiger partial charge in [-0.1, -0.05) is 18.2 Å². The Balaban J connectivity index is 2.46. The Morgan fingerprint density at radius 2 is 2.00 bits per heavy atom. The summed E-state index contributed by atoms with van der Waals surface area (Å²) in [5.41, 5.74) is -0.109. The van der Waals surface area contributed by atoms with Gasteiger partial charge in [0, 0.05) is 18.6 Å². The fourth-order valence-corrected chi connectivity index (χ4v) is 2.76. The van der Waals surface area contributed by atoms with E-state index in [1.807, 2.05) is 0 Å². The number of rotatable bonds is 3. The number of benzene rings is 1. The Morgan fingerprint density at radius 1 is 1.35 bits per heavy atom. The summed E-state index contributed by atoms with van der Waals surface area (Å²) in [5.74, 6) is -0.304. The highest BCUT2D eigenvalue weighted by Gasteiger charge is 2.42. The van der Waals surface area contributed by atoms with E-state index in [2.05, 4.69) is 0 Å². The minimum Gasteiger partial charge on any atom is -0.381 e. The Kier molecular flexibility index (Phi) is 3.79. The first-order chi connectivity index (χ1) is 8.20. The molecule has 0 saturated carbocycles. The maximum atomic E-state index is 13.9. The van der Waals surface area contributed by atoms with Crippen LogP contribution in [-0.2, 0) is 14.9 Å². The van der Waals surface area contributed by atoms with Gasteiger partial charge >= 0.3 is 0 Å². The summed E-state index contributed by atoms with van der Waals surface area (Å²) in [6, 6.07) is 6.51. The third kappa shape index (κ3) is 2.22. The molecule has 1 aromatic carbocycles. The summed E-state index contributed by atoms with van der Waals surface area (Å²) >= 11 is 6.12. The molecule has 1 atom stereocenters. The number of hydrogen-bond donors (Lipinski definition) is 0. The van der Waals surface area contributed by atoms with E-state index in [0.717, 1.165) is 0 Å². The van der Waals surface area contributed by atoms with Gasteiger partial charge in [-0.05, 0) is 24.5 Å². The summed E-state index contributed by atoms with van der Waals surface area (Å²) in [5, 5.41) is -0.719.